The van der Waals surface area contributed by atoms with Gasteiger partial charge in [-0.15, -0.1) is 0 Å². The van der Waals surface area contributed by atoms with Crippen LogP contribution in [0, 0.1) is 5.82 Å². The van der Waals surface area contributed by atoms with E-state index in [1.54, 1.807) is 12.1 Å². The second-order valence-electron chi connectivity index (χ2n) is 4.23. The van der Waals surface area contributed by atoms with Crippen LogP contribution in [0.1, 0.15) is 12.0 Å². The van der Waals surface area contributed by atoms with Crippen LogP contribution in [-0.2, 0) is 4.79 Å². The summed E-state index contributed by atoms with van der Waals surface area (Å²) in [7, 11) is 0. The molecule has 0 fully saturated rings. The van der Waals surface area contributed by atoms with E-state index >= 15 is 0 Å². The lowest BCUT2D eigenvalue weighted by atomic mass is 10.0. The molecule has 108 valence electrons. The lowest BCUT2D eigenvalue weighted by Gasteiger charge is -2.31. The normalized spacial score (nSPS) is 19.5. The zero-order valence-corrected chi connectivity index (χ0v) is 13.3. The fourth-order valence-corrected chi connectivity index (χ4v) is 3.00. The van der Waals surface area contributed by atoms with Crippen LogP contribution in [0.15, 0.2) is 28.7 Å². The van der Waals surface area contributed by atoms with E-state index in [1.165, 1.54) is 12.1 Å². The van der Waals surface area contributed by atoms with Gasteiger partial charge >= 0.3 is 0 Å². The minimum absolute atomic E-state index is 0.126. The zero-order valence-electron chi connectivity index (χ0n) is 10.1. The van der Waals surface area contributed by atoms with Crippen LogP contribution in [0.5, 0.6) is 0 Å². The van der Waals surface area contributed by atoms with Gasteiger partial charge in [-0.2, -0.15) is 0 Å². The van der Waals surface area contributed by atoms with E-state index in [4.69, 9.17) is 0 Å². The Bertz CT molecular complexity index is 542. The number of alkyl halides is 3. The maximum Gasteiger partial charge on any atom is 0.256 e. The molecule has 1 unspecified atom stereocenters. The van der Waals surface area contributed by atoms with Gasteiger partial charge in [0.1, 0.15) is 5.82 Å². The van der Waals surface area contributed by atoms with Gasteiger partial charge in [0.05, 0.1) is 17.1 Å². The van der Waals surface area contributed by atoms with E-state index in [2.05, 4.69) is 31.9 Å². The first-order chi connectivity index (χ1) is 9.41. The van der Waals surface area contributed by atoms with Crippen LogP contribution < -0.4 is 0 Å². The maximum absolute atomic E-state index is 14.0. The zero-order chi connectivity index (χ0) is 14.9. The SMILES string of the molecule is O=C1C(Br)CC=C(c2c(F)cccc2Br)N1CC(F)F. The molecule has 1 aromatic rings. The van der Waals surface area contributed by atoms with Crippen molar-refractivity contribution >= 4 is 43.5 Å². The average molecular weight is 413 g/mol. The highest BCUT2D eigenvalue weighted by atomic mass is 79.9. The van der Waals surface area contributed by atoms with Crippen LogP contribution in [0.25, 0.3) is 5.70 Å². The van der Waals surface area contributed by atoms with Gasteiger partial charge in [0.2, 0.25) is 5.91 Å². The standard InChI is InChI=1S/C13H10Br2F3NO/c14-7-2-1-3-9(16)12(7)10-5-4-8(15)13(20)19(10)6-11(17)18/h1-3,5,8,11H,4,6H2. The van der Waals surface area contributed by atoms with Crippen molar-refractivity contribution in [1.29, 1.82) is 0 Å². The first-order valence-electron chi connectivity index (χ1n) is 5.80. The maximum atomic E-state index is 14.0. The molecular weight excluding hydrogens is 403 g/mol. The van der Waals surface area contributed by atoms with Gasteiger partial charge in [-0.25, -0.2) is 13.2 Å². The third-order valence-electron chi connectivity index (χ3n) is 2.88. The molecule has 1 amide bonds. The number of carbonyl (C=O) groups is 1. The molecule has 0 aliphatic carbocycles. The number of amides is 1. The smallest absolute Gasteiger partial charge is 0.256 e. The number of benzene rings is 1. The van der Waals surface area contributed by atoms with Crippen molar-refractivity contribution < 1.29 is 18.0 Å². The van der Waals surface area contributed by atoms with Crippen LogP contribution in [0.3, 0.4) is 0 Å². The quantitative estimate of drug-likeness (QED) is 0.681. The molecule has 0 bridgehead atoms. The van der Waals surface area contributed by atoms with Gasteiger partial charge in [-0.05, 0) is 34.5 Å². The van der Waals surface area contributed by atoms with Crippen LogP contribution in [0.2, 0.25) is 0 Å². The second kappa shape index (κ2) is 6.30. The molecule has 7 heteroatoms. The van der Waals surface area contributed by atoms with Crippen molar-refractivity contribution in [2.45, 2.75) is 17.7 Å². The summed E-state index contributed by atoms with van der Waals surface area (Å²) >= 11 is 6.33. The van der Waals surface area contributed by atoms with E-state index in [1.807, 2.05) is 0 Å². The molecule has 0 saturated carbocycles. The molecule has 0 radical (unpaired) electrons. The van der Waals surface area contributed by atoms with E-state index in [0.29, 0.717) is 10.9 Å². The van der Waals surface area contributed by atoms with E-state index in [9.17, 15) is 18.0 Å². The highest BCUT2D eigenvalue weighted by molar-refractivity contribution is 9.10. The van der Waals surface area contributed by atoms with E-state index < -0.39 is 29.5 Å². The minimum Gasteiger partial charge on any atom is -0.305 e. The Kier molecular flexibility index (Phi) is 4.90. The summed E-state index contributed by atoms with van der Waals surface area (Å²) in [5.41, 5.74) is 0.303. The number of allylic oxidation sites excluding steroid dienone is 1. The molecule has 2 rings (SSSR count). The summed E-state index contributed by atoms with van der Waals surface area (Å²) in [5.74, 6) is -1.05. The fraction of sp³-hybridized carbons (Fsp3) is 0.308. The predicted molar refractivity (Wildman–Crippen MR) is 77.1 cm³/mol. The molecule has 1 heterocycles. The largest absolute Gasteiger partial charge is 0.305 e. The van der Waals surface area contributed by atoms with Crippen molar-refractivity contribution in [3.63, 3.8) is 0 Å². The van der Waals surface area contributed by atoms with Gasteiger partial charge in [-0.3, -0.25) is 4.79 Å². The van der Waals surface area contributed by atoms with Crippen molar-refractivity contribution in [2.75, 3.05) is 6.54 Å². The highest BCUT2D eigenvalue weighted by Gasteiger charge is 2.32. The second-order valence-corrected chi connectivity index (χ2v) is 6.19. The summed E-state index contributed by atoms with van der Waals surface area (Å²) in [6, 6.07) is 4.33. The minimum atomic E-state index is -2.69. The molecule has 0 spiro atoms. The van der Waals surface area contributed by atoms with Gasteiger partial charge < -0.3 is 4.90 Å². The molecule has 2 nitrogen and oxygen atoms in total. The van der Waals surface area contributed by atoms with Crippen molar-refractivity contribution in [1.82, 2.24) is 4.90 Å². The Morgan fingerprint density at radius 1 is 1.40 bits per heavy atom. The average Bonchev–Trinajstić information content (AvgIpc) is 2.37. The van der Waals surface area contributed by atoms with Crippen LogP contribution in [-0.4, -0.2) is 28.6 Å². The number of carbonyl (C=O) groups excluding carboxylic acids is 1. The summed E-state index contributed by atoms with van der Waals surface area (Å²) < 4.78 is 39.7. The summed E-state index contributed by atoms with van der Waals surface area (Å²) in [6.45, 7) is -0.756. The third-order valence-corrected chi connectivity index (χ3v) is 4.31. The number of rotatable bonds is 3. The van der Waals surface area contributed by atoms with Crippen molar-refractivity contribution in [3.8, 4) is 0 Å². The first kappa shape index (κ1) is 15.6. The predicted octanol–water partition coefficient (Wildman–Crippen LogP) is 4.19. The lowest BCUT2D eigenvalue weighted by molar-refractivity contribution is -0.129. The van der Waals surface area contributed by atoms with E-state index in [-0.39, 0.29) is 11.3 Å². The van der Waals surface area contributed by atoms with Crippen LogP contribution >= 0.6 is 31.9 Å². The lowest BCUT2D eigenvalue weighted by Crippen LogP contribution is -2.41. The number of nitrogens with zero attached hydrogens (tertiary/aromatic N) is 1. The van der Waals surface area contributed by atoms with Crippen molar-refractivity contribution in [3.05, 3.63) is 40.1 Å². The Morgan fingerprint density at radius 2 is 2.10 bits per heavy atom. The molecule has 1 aromatic carbocycles. The summed E-state index contributed by atoms with van der Waals surface area (Å²) in [6.07, 6.45) is -0.771. The first-order valence-corrected chi connectivity index (χ1v) is 7.50. The molecule has 0 N–H and O–H groups in total. The molecule has 1 atom stereocenters. The summed E-state index contributed by atoms with van der Waals surface area (Å²) in [4.78, 5) is 12.4. The number of hydrogen-bond donors (Lipinski definition) is 0. The highest BCUT2D eigenvalue weighted by Crippen LogP contribution is 2.34. The Morgan fingerprint density at radius 3 is 2.70 bits per heavy atom. The van der Waals surface area contributed by atoms with Crippen LogP contribution in [0.4, 0.5) is 13.2 Å². The molecular formula is C13H10Br2F3NO. The van der Waals surface area contributed by atoms with Crippen molar-refractivity contribution in [2.24, 2.45) is 0 Å². The molecule has 20 heavy (non-hydrogen) atoms. The molecule has 0 saturated heterocycles. The summed E-state index contributed by atoms with van der Waals surface area (Å²) in [5, 5.41) is 0. The Hall–Kier alpha value is -0.820. The topological polar surface area (TPSA) is 20.3 Å². The molecule has 1 aliphatic rings. The third kappa shape index (κ3) is 3.09. The molecule has 0 aromatic heterocycles. The fourth-order valence-electron chi connectivity index (χ4n) is 2.02. The number of halogens is 5. The Balaban J connectivity index is 2.49. The van der Waals surface area contributed by atoms with Gasteiger partial charge in [0, 0.05) is 10.0 Å². The van der Waals surface area contributed by atoms with Gasteiger partial charge in [-0.1, -0.05) is 28.1 Å². The van der Waals surface area contributed by atoms with Gasteiger partial charge in [0.25, 0.3) is 6.43 Å². The van der Waals surface area contributed by atoms with E-state index in [0.717, 1.165) is 4.90 Å². The number of hydrogen-bond acceptors (Lipinski definition) is 1. The molecule has 1 aliphatic heterocycles. The monoisotopic (exact) mass is 411 g/mol. The Labute approximate surface area is 130 Å². The van der Waals surface area contributed by atoms with Gasteiger partial charge in [0.15, 0.2) is 0 Å².